The summed E-state index contributed by atoms with van der Waals surface area (Å²) in [5.74, 6) is 2.44. The van der Waals surface area contributed by atoms with Gasteiger partial charge < -0.3 is 0 Å². The topological polar surface area (TPSA) is 52.0 Å². The molecule has 0 aliphatic heterocycles. The first kappa shape index (κ1) is 13.4. The summed E-state index contributed by atoms with van der Waals surface area (Å²) in [6.07, 6.45) is 6.79. The van der Waals surface area contributed by atoms with Gasteiger partial charge in [-0.2, -0.15) is 0 Å². The van der Waals surface area contributed by atoms with Crippen molar-refractivity contribution in [2.75, 3.05) is 0 Å². The second kappa shape index (κ2) is 4.76. The number of terminal acetylenes is 1. The van der Waals surface area contributed by atoms with Gasteiger partial charge in [-0.15, -0.1) is 6.42 Å². The zero-order valence-electron chi connectivity index (χ0n) is 11.3. The number of hydrogen-bond acceptors (Lipinski definition) is 3. The standard InChI is InChI=1S/C16H12N2O2S/c1-3-13-6-9-16-15(17-13)10-11-18(16)21(19,20)14-7-4-12(2)5-8-14/h1,4-11H,2H3. The van der Waals surface area contributed by atoms with Gasteiger partial charge in [-0.1, -0.05) is 23.6 Å². The quantitative estimate of drug-likeness (QED) is 0.683. The Kier molecular flexibility index (Phi) is 3.04. The lowest BCUT2D eigenvalue weighted by atomic mass is 10.2. The van der Waals surface area contributed by atoms with Gasteiger partial charge in [0.15, 0.2) is 0 Å². The summed E-state index contributed by atoms with van der Waals surface area (Å²) < 4.78 is 26.6. The molecule has 0 saturated heterocycles. The Morgan fingerprint density at radius 3 is 2.48 bits per heavy atom. The Labute approximate surface area is 123 Å². The van der Waals surface area contributed by atoms with Crippen molar-refractivity contribution in [2.24, 2.45) is 0 Å². The number of pyridine rings is 1. The van der Waals surface area contributed by atoms with Crippen LogP contribution in [0.3, 0.4) is 0 Å². The molecular formula is C16H12N2O2S. The van der Waals surface area contributed by atoms with E-state index in [-0.39, 0.29) is 4.90 Å². The highest BCUT2D eigenvalue weighted by molar-refractivity contribution is 7.90. The molecule has 0 amide bonds. The van der Waals surface area contributed by atoms with E-state index < -0.39 is 10.0 Å². The molecule has 5 heteroatoms. The highest BCUT2D eigenvalue weighted by atomic mass is 32.2. The van der Waals surface area contributed by atoms with E-state index in [2.05, 4.69) is 10.9 Å². The Hall–Kier alpha value is -2.58. The van der Waals surface area contributed by atoms with Crippen LogP contribution in [-0.4, -0.2) is 17.4 Å². The fraction of sp³-hybridized carbons (Fsp3) is 0.0625. The molecule has 0 saturated carbocycles. The molecule has 3 aromatic rings. The average molecular weight is 296 g/mol. The van der Waals surface area contributed by atoms with E-state index in [1.807, 2.05) is 6.92 Å². The molecule has 0 spiro atoms. The SMILES string of the molecule is C#Cc1ccc2c(ccn2S(=O)(=O)c2ccc(C)cc2)n1. The van der Waals surface area contributed by atoms with Crippen molar-refractivity contribution >= 4 is 21.1 Å². The molecule has 0 fully saturated rings. The summed E-state index contributed by atoms with van der Waals surface area (Å²) in [7, 11) is -3.63. The fourth-order valence-electron chi connectivity index (χ4n) is 2.11. The molecule has 4 nitrogen and oxygen atoms in total. The Bertz CT molecular complexity index is 962. The lowest BCUT2D eigenvalue weighted by Gasteiger charge is -2.07. The Balaban J connectivity index is 2.20. The fourth-order valence-corrected chi connectivity index (χ4v) is 3.45. The van der Waals surface area contributed by atoms with Crippen molar-refractivity contribution in [2.45, 2.75) is 11.8 Å². The lowest BCUT2D eigenvalue weighted by molar-refractivity contribution is 0.589. The van der Waals surface area contributed by atoms with Crippen LogP contribution in [0.4, 0.5) is 0 Å². The van der Waals surface area contributed by atoms with Crippen LogP contribution in [0.1, 0.15) is 11.3 Å². The molecule has 0 bridgehead atoms. The minimum Gasteiger partial charge on any atom is -0.240 e. The molecule has 0 aliphatic carbocycles. The maximum Gasteiger partial charge on any atom is 0.268 e. The van der Waals surface area contributed by atoms with Crippen molar-refractivity contribution in [1.82, 2.24) is 8.96 Å². The van der Waals surface area contributed by atoms with E-state index in [0.717, 1.165) is 5.56 Å². The highest BCUT2D eigenvalue weighted by Crippen LogP contribution is 2.21. The highest BCUT2D eigenvalue weighted by Gasteiger charge is 2.19. The smallest absolute Gasteiger partial charge is 0.240 e. The van der Waals surface area contributed by atoms with Gasteiger partial charge in [-0.25, -0.2) is 17.4 Å². The minimum atomic E-state index is -3.63. The summed E-state index contributed by atoms with van der Waals surface area (Å²) in [5.41, 5.74) is 2.55. The number of hydrogen-bond donors (Lipinski definition) is 0. The van der Waals surface area contributed by atoms with Crippen molar-refractivity contribution in [3.8, 4) is 12.3 Å². The van der Waals surface area contributed by atoms with E-state index in [4.69, 9.17) is 6.42 Å². The van der Waals surface area contributed by atoms with E-state index in [1.54, 1.807) is 42.5 Å². The number of nitrogens with zero attached hydrogens (tertiary/aromatic N) is 2. The molecule has 3 rings (SSSR count). The van der Waals surface area contributed by atoms with E-state index in [1.165, 1.54) is 10.2 Å². The zero-order chi connectivity index (χ0) is 15.0. The van der Waals surface area contributed by atoms with Gasteiger partial charge in [0.25, 0.3) is 10.0 Å². The molecule has 1 aromatic carbocycles. The minimum absolute atomic E-state index is 0.242. The molecule has 2 heterocycles. The van der Waals surface area contributed by atoms with Crippen LogP contribution in [0.15, 0.2) is 53.6 Å². The van der Waals surface area contributed by atoms with Crippen LogP contribution in [0.2, 0.25) is 0 Å². The van der Waals surface area contributed by atoms with Gasteiger partial charge in [-0.3, -0.25) is 0 Å². The normalized spacial score (nSPS) is 11.4. The molecule has 0 aliphatic rings. The van der Waals surface area contributed by atoms with E-state index in [9.17, 15) is 8.42 Å². The Morgan fingerprint density at radius 1 is 1.10 bits per heavy atom. The summed E-state index contributed by atoms with van der Waals surface area (Å²) >= 11 is 0. The van der Waals surface area contributed by atoms with Crippen LogP contribution in [0, 0.1) is 19.3 Å². The van der Waals surface area contributed by atoms with Gasteiger partial charge in [0.1, 0.15) is 5.69 Å². The average Bonchev–Trinajstić information content (AvgIpc) is 2.91. The molecule has 2 aromatic heterocycles. The van der Waals surface area contributed by atoms with Gasteiger partial charge in [0, 0.05) is 6.20 Å². The first-order chi connectivity index (χ1) is 10.0. The predicted molar refractivity (Wildman–Crippen MR) is 81.4 cm³/mol. The van der Waals surface area contributed by atoms with Gasteiger partial charge in [0.2, 0.25) is 0 Å². The third kappa shape index (κ3) is 2.20. The zero-order valence-corrected chi connectivity index (χ0v) is 12.1. The number of rotatable bonds is 2. The van der Waals surface area contributed by atoms with Crippen LogP contribution in [0.5, 0.6) is 0 Å². The van der Waals surface area contributed by atoms with Gasteiger partial charge >= 0.3 is 0 Å². The molecule has 0 atom stereocenters. The van der Waals surface area contributed by atoms with E-state index in [0.29, 0.717) is 16.7 Å². The number of aryl methyl sites for hydroxylation is 1. The van der Waals surface area contributed by atoms with Crippen LogP contribution >= 0.6 is 0 Å². The lowest BCUT2D eigenvalue weighted by Crippen LogP contribution is -2.11. The molecule has 0 radical (unpaired) electrons. The molecule has 21 heavy (non-hydrogen) atoms. The van der Waals surface area contributed by atoms with Crippen LogP contribution < -0.4 is 0 Å². The number of benzene rings is 1. The van der Waals surface area contributed by atoms with Crippen molar-refractivity contribution in [3.63, 3.8) is 0 Å². The van der Waals surface area contributed by atoms with Crippen LogP contribution in [0.25, 0.3) is 11.0 Å². The third-order valence-electron chi connectivity index (χ3n) is 3.23. The van der Waals surface area contributed by atoms with Gasteiger partial charge in [-0.05, 0) is 37.3 Å². The second-order valence-corrected chi connectivity index (χ2v) is 6.49. The van der Waals surface area contributed by atoms with Crippen molar-refractivity contribution in [3.05, 3.63) is 59.9 Å². The van der Waals surface area contributed by atoms with E-state index >= 15 is 0 Å². The summed E-state index contributed by atoms with van der Waals surface area (Å²) in [6, 6.07) is 11.7. The number of fused-ring (bicyclic) bond motifs is 1. The maximum atomic E-state index is 12.7. The van der Waals surface area contributed by atoms with Crippen LogP contribution in [-0.2, 0) is 10.0 Å². The van der Waals surface area contributed by atoms with Crippen molar-refractivity contribution in [1.29, 1.82) is 0 Å². The monoisotopic (exact) mass is 296 g/mol. The molecule has 104 valence electrons. The van der Waals surface area contributed by atoms with Gasteiger partial charge in [0.05, 0.1) is 15.9 Å². The first-order valence-corrected chi connectivity index (χ1v) is 7.73. The summed E-state index contributed by atoms with van der Waals surface area (Å²) in [6.45, 7) is 1.91. The molecular weight excluding hydrogens is 284 g/mol. The largest absolute Gasteiger partial charge is 0.268 e. The molecule has 0 N–H and O–H groups in total. The predicted octanol–water partition coefficient (Wildman–Crippen LogP) is 2.56. The maximum absolute atomic E-state index is 12.7. The third-order valence-corrected chi connectivity index (χ3v) is 4.94. The van der Waals surface area contributed by atoms with Crippen molar-refractivity contribution < 1.29 is 8.42 Å². The first-order valence-electron chi connectivity index (χ1n) is 6.29. The summed E-state index contributed by atoms with van der Waals surface area (Å²) in [4.78, 5) is 4.46. The summed E-state index contributed by atoms with van der Waals surface area (Å²) in [5, 5.41) is 0. The Morgan fingerprint density at radius 2 is 1.81 bits per heavy atom. The second-order valence-electron chi connectivity index (χ2n) is 4.67. The molecule has 0 unspecified atom stereocenters. The number of aromatic nitrogens is 2.